The van der Waals surface area contributed by atoms with Crippen LogP contribution in [0.5, 0.6) is 11.5 Å². The zero-order valence-corrected chi connectivity index (χ0v) is 16.4. The molecule has 1 aromatic heterocycles. The van der Waals surface area contributed by atoms with Crippen molar-refractivity contribution in [3.63, 3.8) is 0 Å². The minimum absolute atomic E-state index is 0.0857. The number of nitrogens with one attached hydrogen (secondary N) is 1. The summed E-state index contributed by atoms with van der Waals surface area (Å²) in [4.78, 5) is 24.5. The van der Waals surface area contributed by atoms with Gasteiger partial charge in [0, 0.05) is 29.5 Å². The van der Waals surface area contributed by atoms with Gasteiger partial charge in [-0.3, -0.25) is 4.79 Å². The monoisotopic (exact) mass is 397 g/mol. The fraction of sp³-hybridized carbons (Fsp3) is 0.364. The van der Waals surface area contributed by atoms with Crippen LogP contribution in [0.3, 0.4) is 0 Å². The first kappa shape index (κ1) is 19.3. The molecule has 29 heavy (non-hydrogen) atoms. The number of methoxy groups -OCH3 is 1. The quantitative estimate of drug-likeness (QED) is 0.508. The van der Waals surface area contributed by atoms with Gasteiger partial charge < -0.3 is 23.9 Å². The van der Waals surface area contributed by atoms with E-state index in [9.17, 15) is 9.59 Å². The molecule has 2 heterocycles. The molecule has 4 rings (SSSR count). The average molecular weight is 397 g/mol. The van der Waals surface area contributed by atoms with Crippen LogP contribution >= 0.6 is 0 Å². The molecule has 2 aromatic carbocycles. The van der Waals surface area contributed by atoms with Crippen molar-refractivity contribution in [1.29, 1.82) is 0 Å². The summed E-state index contributed by atoms with van der Waals surface area (Å²) >= 11 is 0. The van der Waals surface area contributed by atoms with Crippen LogP contribution in [0.25, 0.3) is 21.7 Å². The van der Waals surface area contributed by atoms with E-state index < -0.39 is 5.63 Å². The molecule has 0 spiro atoms. The zero-order chi connectivity index (χ0) is 20.4. The number of amides is 1. The molecule has 1 fully saturated rings. The summed E-state index contributed by atoms with van der Waals surface area (Å²) in [5, 5.41) is 4.86. The molecular formula is C22H23NO6. The van der Waals surface area contributed by atoms with E-state index in [2.05, 4.69) is 5.32 Å². The van der Waals surface area contributed by atoms with E-state index in [1.807, 2.05) is 12.1 Å². The molecule has 3 aromatic rings. The van der Waals surface area contributed by atoms with Crippen LogP contribution in [0, 0.1) is 6.92 Å². The normalized spacial score (nSPS) is 16.3. The standard InChI is InChI=1S/C22H23NO6/c1-13-19(28-12-20(24)23-11-15-4-3-9-27-15)8-7-17-16-6-5-14(26-2)10-18(16)22(25)29-21(13)17/h5-8,10,15H,3-4,9,11-12H2,1-2H3,(H,23,24)/t15-/m0/s1. The van der Waals surface area contributed by atoms with Gasteiger partial charge in [-0.15, -0.1) is 0 Å². The highest BCUT2D eigenvalue weighted by molar-refractivity contribution is 6.06. The van der Waals surface area contributed by atoms with Crippen LogP contribution in [0.2, 0.25) is 0 Å². The minimum Gasteiger partial charge on any atom is -0.497 e. The Morgan fingerprint density at radius 3 is 2.79 bits per heavy atom. The van der Waals surface area contributed by atoms with Crippen LogP contribution in [0.4, 0.5) is 0 Å². The second-order valence-corrected chi connectivity index (χ2v) is 7.09. The number of benzene rings is 2. The molecule has 1 aliphatic heterocycles. The van der Waals surface area contributed by atoms with Gasteiger partial charge in [-0.1, -0.05) is 0 Å². The summed E-state index contributed by atoms with van der Waals surface area (Å²) in [6.45, 7) is 2.93. The summed E-state index contributed by atoms with van der Waals surface area (Å²) in [7, 11) is 1.55. The number of rotatable bonds is 6. The smallest absolute Gasteiger partial charge is 0.344 e. The van der Waals surface area contributed by atoms with E-state index in [1.165, 1.54) is 0 Å². The van der Waals surface area contributed by atoms with Crippen LogP contribution in [-0.4, -0.2) is 38.9 Å². The molecule has 1 amide bonds. The summed E-state index contributed by atoms with van der Waals surface area (Å²) in [6, 6.07) is 8.93. The Kier molecular flexibility index (Phi) is 5.40. The molecule has 0 unspecified atom stereocenters. The molecular weight excluding hydrogens is 374 g/mol. The molecule has 1 aliphatic rings. The van der Waals surface area contributed by atoms with Crippen LogP contribution < -0.4 is 20.4 Å². The molecule has 1 N–H and O–H groups in total. The zero-order valence-electron chi connectivity index (χ0n) is 16.4. The lowest BCUT2D eigenvalue weighted by atomic mass is 10.0. The molecule has 1 saturated heterocycles. The number of aryl methyl sites for hydroxylation is 1. The summed E-state index contributed by atoms with van der Waals surface area (Å²) < 4.78 is 21.9. The van der Waals surface area contributed by atoms with Crippen molar-refractivity contribution in [3.05, 3.63) is 46.3 Å². The van der Waals surface area contributed by atoms with Gasteiger partial charge in [-0.25, -0.2) is 4.79 Å². The van der Waals surface area contributed by atoms with Crippen LogP contribution in [0.1, 0.15) is 18.4 Å². The lowest BCUT2D eigenvalue weighted by molar-refractivity contribution is -0.123. The van der Waals surface area contributed by atoms with E-state index in [1.54, 1.807) is 32.2 Å². The maximum Gasteiger partial charge on any atom is 0.344 e. The predicted octanol–water partition coefficient (Wildman–Crippen LogP) is 2.94. The Bertz CT molecular complexity index is 1110. The van der Waals surface area contributed by atoms with Crippen molar-refractivity contribution in [2.45, 2.75) is 25.9 Å². The van der Waals surface area contributed by atoms with Gasteiger partial charge in [-0.2, -0.15) is 0 Å². The number of hydrogen-bond donors (Lipinski definition) is 1. The van der Waals surface area contributed by atoms with Crippen molar-refractivity contribution in [1.82, 2.24) is 5.32 Å². The summed E-state index contributed by atoms with van der Waals surface area (Å²) in [6.07, 6.45) is 2.08. The van der Waals surface area contributed by atoms with Gasteiger partial charge in [0.05, 0.1) is 18.6 Å². The largest absolute Gasteiger partial charge is 0.497 e. The first-order chi connectivity index (χ1) is 14.1. The maximum atomic E-state index is 12.5. The predicted molar refractivity (Wildman–Crippen MR) is 109 cm³/mol. The third-order valence-corrected chi connectivity index (χ3v) is 5.20. The van der Waals surface area contributed by atoms with Gasteiger partial charge in [0.1, 0.15) is 17.1 Å². The Labute approximate surface area is 167 Å². The van der Waals surface area contributed by atoms with Crippen LogP contribution in [-0.2, 0) is 9.53 Å². The molecule has 0 aliphatic carbocycles. The van der Waals surface area contributed by atoms with Crippen molar-refractivity contribution < 1.29 is 23.4 Å². The van der Waals surface area contributed by atoms with E-state index >= 15 is 0 Å². The van der Waals surface area contributed by atoms with Crippen LogP contribution in [0.15, 0.2) is 39.5 Å². The number of carbonyl (C=O) groups excluding carboxylic acids is 1. The SMILES string of the molecule is COc1ccc2c(c1)c(=O)oc1c(C)c(OCC(=O)NC[C@@H]3CCCO3)ccc12. The number of hydrogen-bond acceptors (Lipinski definition) is 6. The molecule has 1 atom stereocenters. The lowest BCUT2D eigenvalue weighted by Gasteiger charge is -2.13. The van der Waals surface area contributed by atoms with Crippen molar-refractivity contribution in [2.24, 2.45) is 0 Å². The Morgan fingerprint density at radius 2 is 2.03 bits per heavy atom. The number of carbonyl (C=O) groups is 1. The number of ether oxygens (including phenoxy) is 3. The number of fused-ring (bicyclic) bond motifs is 3. The third kappa shape index (κ3) is 3.91. The summed E-state index contributed by atoms with van der Waals surface area (Å²) in [5.74, 6) is 0.877. The third-order valence-electron chi connectivity index (χ3n) is 5.20. The second-order valence-electron chi connectivity index (χ2n) is 7.09. The topological polar surface area (TPSA) is 87.0 Å². The molecule has 7 nitrogen and oxygen atoms in total. The van der Waals surface area contributed by atoms with E-state index in [-0.39, 0.29) is 18.6 Å². The van der Waals surface area contributed by atoms with Gasteiger partial charge in [0.15, 0.2) is 6.61 Å². The fourth-order valence-corrected chi connectivity index (χ4v) is 3.60. The van der Waals surface area contributed by atoms with E-state index in [4.69, 9.17) is 18.6 Å². The summed E-state index contributed by atoms with van der Waals surface area (Å²) in [5.41, 5.74) is 0.676. The highest BCUT2D eigenvalue weighted by Gasteiger charge is 2.17. The van der Waals surface area contributed by atoms with Gasteiger partial charge in [0.25, 0.3) is 5.91 Å². The first-order valence-electron chi connectivity index (χ1n) is 9.62. The highest BCUT2D eigenvalue weighted by Crippen LogP contribution is 2.32. The van der Waals surface area contributed by atoms with Crippen molar-refractivity contribution >= 4 is 27.6 Å². The molecule has 0 bridgehead atoms. The Hall–Kier alpha value is -3.06. The van der Waals surface area contributed by atoms with Gasteiger partial charge in [-0.05, 0) is 50.1 Å². The highest BCUT2D eigenvalue weighted by atomic mass is 16.5. The lowest BCUT2D eigenvalue weighted by Crippen LogP contribution is -2.35. The van der Waals surface area contributed by atoms with Gasteiger partial charge >= 0.3 is 5.63 Å². The van der Waals surface area contributed by atoms with Crippen molar-refractivity contribution in [3.8, 4) is 11.5 Å². The van der Waals surface area contributed by atoms with Crippen molar-refractivity contribution in [2.75, 3.05) is 26.9 Å². The fourth-order valence-electron chi connectivity index (χ4n) is 3.60. The average Bonchev–Trinajstić information content (AvgIpc) is 3.26. The van der Waals surface area contributed by atoms with E-state index in [0.29, 0.717) is 34.6 Å². The van der Waals surface area contributed by atoms with Gasteiger partial charge in [0.2, 0.25) is 0 Å². The second kappa shape index (κ2) is 8.13. The minimum atomic E-state index is -0.444. The molecule has 0 radical (unpaired) electrons. The first-order valence-corrected chi connectivity index (χ1v) is 9.62. The molecule has 7 heteroatoms. The van der Waals surface area contributed by atoms with E-state index in [0.717, 1.165) is 30.2 Å². The Morgan fingerprint density at radius 1 is 1.21 bits per heavy atom. The molecule has 0 saturated carbocycles. The maximum absolute atomic E-state index is 12.5. The molecule has 152 valence electrons. The Balaban J connectivity index is 1.55.